The van der Waals surface area contributed by atoms with E-state index < -0.39 is 18.4 Å². The van der Waals surface area contributed by atoms with Crippen LogP contribution in [0, 0.1) is 5.92 Å². The quantitative estimate of drug-likeness (QED) is 0.863. The molecule has 0 fully saturated rings. The Morgan fingerprint density at radius 3 is 2.53 bits per heavy atom. The number of amides is 1. The van der Waals surface area contributed by atoms with E-state index in [4.69, 9.17) is 22.4 Å². The number of carbonyl (C=O) groups excluding carboxylic acids is 1. The van der Waals surface area contributed by atoms with Crippen molar-refractivity contribution < 1.29 is 14.7 Å². The highest BCUT2D eigenvalue weighted by Gasteiger charge is 2.26. The summed E-state index contributed by atoms with van der Waals surface area (Å²) in [6, 6.07) is 6.15. The van der Waals surface area contributed by atoms with E-state index in [0.717, 1.165) is 0 Å². The first kappa shape index (κ1) is 15.5. The lowest BCUT2D eigenvalue weighted by Gasteiger charge is -2.26. The Balaban J connectivity index is 3.08. The highest BCUT2D eigenvalue weighted by atomic mass is 35.5. The number of halogens is 1. The van der Waals surface area contributed by atoms with Gasteiger partial charge in [0.25, 0.3) is 0 Å². The zero-order valence-corrected chi connectivity index (χ0v) is 11.6. The van der Waals surface area contributed by atoms with Crippen molar-refractivity contribution >= 4 is 29.2 Å². The summed E-state index contributed by atoms with van der Waals surface area (Å²) >= 11 is 5.86. The summed E-state index contributed by atoms with van der Waals surface area (Å²) in [5, 5.41) is 9.36. The van der Waals surface area contributed by atoms with Crippen LogP contribution in [-0.4, -0.2) is 29.6 Å². The van der Waals surface area contributed by atoms with Gasteiger partial charge in [-0.3, -0.25) is 9.59 Å². The van der Waals surface area contributed by atoms with Crippen LogP contribution in [0.25, 0.3) is 0 Å². The smallest absolute Gasteiger partial charge is 0.323 e. The van der Waals surface area contributed by atoms with Crippen LogP contribution in [0.3, 0.4) is 0 Å². The number of nitrogens with zero attached hydrogens (tertiary/aromatic N) is 1. The summed E-state index contributed by atoms with van der Waals surface area (Å²) in [7, 11) is 0. The molecule has 3 N–H and O–H groups in total. The molecular formula is C13H17ClN2O3. The van der Waals surface area contributed by atoms with Crippen molar-refractivity contribution in [3.05, 3.63) is 29.3 Å². The second-order valence-corrected chi connectivity index (χ2v) is 4.88. The lowest BCUT2D eigenvalue weighted by atomic mass is 10.0. The molecule has 1 aromatic rings. The Bertz CT molecular complexity index is 477. The lowest BCUT2D eigenvalue weighted by molar-refractivity contribution is -0.137. The Morgan fingerprint density at radius 2 is 2.05 bits per heavy atom. The summed E-state index contributed by atoms with van der Waals surface area (Å²) in [4.78, 5) is 24.4. The van der Waals surface area contributed by atoms with Crippen molar-refractivity contribution in [3.8, 4) is 0 Å². The minimum Gasteiger partial charge on any atom is -0.480 e. The first-order valence-electron chi connectivity index (χ1n) is 5.87. The predicted octanol–water partition coefficient (Wildman–Crippen LogP) is 1.74. The van der Waals surface area contributed by atoms with Gasteiger partial charge in [0.05, 0.1) is 5.92 Å². The summed E-state index contributed by atoms with van der Waals surface area (Å²) in [6.45, 7) is 2.96. The van der Waals surface area contributed by atoms with E-state index in [1.165, 1.54) is 4.90 Å². The van der Waals surface area contributed by atoms with Gasteiger partial charge in [0, 0.05) is 16.8 Å². The summed E-state index contributed by atoms with van der Waals surface area (Å²) in [5.41, 5.74) is 6.14. The second kappa shape index (κ2) is 6.54. The molecule has 19 heavy (non-hydrogen) atoms. The molecule has 0 heterocycles. The highest BCUT2D eigenvalue weighted by Crippen LogP contribution is 2.21. The molecule has 0 spiro atoms. The zero-order chi connectivity index (χ0) is 14.6. The molecule has 0 aromatic heterocycles. The van der Waals surface area contributed by atoms with E-state index >= 15 is 0 Å². The van der Waals surface area contributed by atoms with Gasteiger partial charge in [-0.25, -0.2) is 0 Å². The molecular weight excluding hydrogens is 268 g/mol. The topological polar surface area (TPSA) is 83.6 Å². The van der Waals surface area contributed by atoms with E-state index in [9.17, 15) is 9.59 Å². The Morgan fingerprint density at radius 1 is 1.42 bits per heavy atom. The molecule has 6 heteroatoms. The van der Waals surface area contributed by atoms with Crippen LogP contribution in [0.1, 0.15) is 13.8 Å². The molecule has 0 aliphatic carbocycles. The Kier molecular flexibility index (Phi) is 5.32. The van der Waals surface area contributed by atoms with Crippen molar-refractivity contribution in [2.45, 2.75) is 19.9 Å². The molecule has 0 radical (unpaired) electrons. The maximum atomic E-state index is 12.3. The van der Waals surface area contributed by atoms with E-state index in [2.05, 4.69) is 0 Å². The van der Waals surface area contributed by atoms with E-state index in [0.29, 0.717) is 10.7 Å². The fraction of sp³-hybridized carbons (Fsp3) is 0.385. The first-order valence-corrected chi connectivity index (χ1v) is 6.25. The standard InChI is InChI=1S/C13H17ClN2O3/c1-8(9(2)15)13(19)16(7-12(17)18)11-5-3-4-10(14)6-11/h3-6,8-9H,7,15H2,1-2H3,(H,17,18). The predicted molar refractivity (Wildman–Crippen MR) is 74.3 cm³/mol. The normalized spacial score (nSPS) is 13.7. The Hall–Kier alpha value is -1.59. The molecule has 0 aliphatic heterocycles. The number of carboxylic acids is 1. The molecule has 0 saturated heterocycles. The molecule has 0 bridgehead atoms. The molecule has 2 unspecified atom stereocenters. The third-order valence-electron chi connectivity index (χ3n) is 2.86. The largest absolute Gasteiger partial charge is 0.480 e. The van der Waals surface area contributed by atoms with Crippen LogP contribution in [0.2, 0.25) is 5.02 Å². The number of rotatable bonds is 5. The number of benzene rings is 1. The van der Waals surface area contributed by atoms with Crippen LogP contribution in [0.4, 0.5) is 5.69 Å². The SMILES string of the molecule is CC(N)C(C)C(=O)N(CC(=O)O)c1cccc(Cl)c1. The summed E-state index contributed by atoms with van der Waals surface area (Å²) < 4.78 is 0. The lowest BCUT2D eigenvalue weighted by Crippen LogP contribution is -2.44. The molecule has 1 rings (SSSR count). The number of hydrogen-bond acceptors (Lipinski definition) is 3. The van der Waals surface area contributed by atoms with Crippen molar-refractivity contribution in [1.82, 2.24) is 0 Å². The third-order valence-corrected chi connectivity index (χ3v) is 3.09. The number of anilines is 1. The molecule has 1 amide bonds. The Labute approximate surface area is 117 Å². The van der Waals surface area contributed by atoms with Crippen LogP contribution in [-0.2, 0) is 9.59 Å². The van der Waals surface area contributed by atoms with Gasteiger partial charge in [-0.1, -0.05) is 24.6 Å². The van der Waals surface area contributed by atoms with Crippen molar-refractivity contribution in [1.29, 1.82) is 0 Å². The van der Waals surface area contributed by atoms with Crippen LogP contribution in [0.15, 0.2) is 24.3 Å². The maximum Gasteiger partial charge on any atom is 0.323 e. The molecule has 104 valence electrons. The van der Waals surface area contributed by atoms with Gasteiger partial charge in [-0.15, -0.1) is 0 Å². The zero-order valence-electron chi connectivity index (χ0n) is 10.8. The van der Waals surface area contributed by atoms with Gasteiger partial charge in [0.15, 0.2) is 0 Å². The average Bonchev–Trinajstić information content (AvgIpc) is 2.33. The summed E-state index contributed by atoms with van der Waals surface area (Å²) in [5.74, 6) is -1.90. The molecule has 2 atom stereocenters. The minimum atomic E-state index is -1.09. The number of carboxylic acid groups (broad SMARTS) is 1. The van der Waals surface area contributed by atoms with E-state index in [1.807, 2.05) is 0 Å². The fourth-order valence-corrected chi connectivity index (χ4v) is 1.73. The number of hydrogen-bond donors (Lipinski definition) is 2. The van der Waals surface area contributed by atoms with Gasteiger partial charge >= 0.3 is 5.97 Å². The number of carbonyl (C=O) groups is 2. The van der Waals surface area contributed by atoms with E-state index in [-0.39, 0.29) is 11.9 Å². The molecule has 0 aliphatic rings. The minimum absolute atomic E-state index is 0.334. The fourth-order valence-electron chi connectivity index (χ4n) is 1.55. The number of nitrogens with two attached hydrogens (primary N) is 1. The highest BCUT2D eigenvalue weighted by molar-refractivity contribution is 6.31. The molecule has 0 saturated carbocycles. The third kappa shape index (κ3) is 4.22. The van der Waals surface area contributed by atoms with Crippen molar-refractivity contribution in [3.63, 3.8) is 0 Å². The first-order chi connectivity index (χ1) is 8.82. The number of aliphatic carboxylic acids is 1. The van der Waals surface area contributed by atoms with Crippen LogP contribution < -0.4 is 10.6 Å². The average molecular weight is 285 g/mol. The van der Waals surface area contributed by atoms with Crippen LogP contribution >= 0.6 is 11.6 Å². The van der Waals surface area contributed by atoms with Crippen molar-refractivity contribution in [2.24, 2.45) is 11.7 Å². The van der Waals surface area contributed by atoms with Crippen LogP contribution in [0.5, 0.6) is 0 Å². The van der Waals surface area contributed by atoms with Gasteiger partial charge < -0.3 is 15.7 Å². The van der Waals surface area contributed by atoms with Gasteiger partial charge in [0.1, 0.15) is 6.54 Å². The molecule has 5 nitrogen and oxygen atoms in total. The van der Waals surface area contributed by atoms with Gasteiger partial charge in [-0.05, 0) is 25.1 Å². The molecule has 1 aromatic carbocycles. The maximum absolute atomic E-state index is 12.3. The monoisotopic (exact) mass is 284 g/mol. The van der Waals surface area contributed by atoms with Crippen molar-refractivity contribution in [2.75, 3.05) is 11.4 Å². The van der Waals surface area contributed by atoms with E-state index in [1.54, 1.807) is 38.1 Å². The van der Waals surface area contributed by atoms with Gasteiger partial charge in [-0.2, -0.15) is 0 Å². The van der Waals surface area contributed by atoms with Gasteiger partial charge in [0.2, 0.25) is 5.91 Å². The second-order valence-electron chi connectivity index (χ2n) is 4.45. The summed E-state index contributed by atoms with van der Waals surface area (Å²) in [6.07, 6.45) is 0.